The van der Waals surface area contributed by atoms with Crippen LogP contribution in [-0.2, 0) is 21.0 Å². The number of hydrogen-bond acceptors (Lipinski definition) is 3. The Bertz CT molecular complexity index is 1070. The van der Waals surface area contributed by atoms with Gasteiger partial charge in [-0.25, -0.2) is 8.42 Å². The summed E-state index contributed by atoms with van der Waals surface area (Å²) in [6.45, 7) is 5.55. The standard InChI is InChI=1S/C24H30ClF3N2O3S/c1-4-6-7-18(5-2)15-29-23(31)16-30(34(32,33)20-11-8-17(3)9-12-20)19-10-13-22(25)21(14-19)24(26,27)28/h8-14,18H,4-7,15-16H2,1-3H3,(H,29,31). The third-order valence-corrected chi connectivity index (χ3v) is 7.69. The highest BCUT2D eigenvalue weighted by atomic mass is 35.5. The van der Waals surface area contributed by atoms with Gasteiger partial charge in [-0.05, 0) is 49.6 Å². The number of benzene rings is 2. The lowest BCUT2D eigenvalue weighted by Gasteiger charge is -2.26. The van der Waals surface area contributed by atoms with E-state index in [1.165, 1.54) is 12.1 Å². The van der Waals surface area contributed by atoms with E-state index in [1.807, 2.05) is 6.92 Å². The largest absolute Gasteiger partial charge is 0.417 e. The molecule has 188 valence electrons. The normalized spacial score (nSPS) is 12.9. The van der Waals surface area contributed by atoms with Gasteiger partial charge < -0.3 is 5.32 Å². The summed E-state index contributed by atoms with van der Waals surface area (Å²) in [6, 6.07) is 8.65. The summed E-state index contributed by atoms with van der Waals surface area (Å²) in [6.07, 6.45) is -0.997. The van der Waals surface area contributed by atoms with Crippen LogP contribution in [0.15, 0.2) is 47.4 Å². The minimum absolute atomic E-state index is 0.135. The van der Waals surface area contributed by atoms with Crippen molar-refractivity contribution < 1.29 is 26.4 Å². The van der Waals surface area contributed by atoms with Gasteiger partial charge >= 0.3 is 6.18 Å². The number of alkyl halides is 3. The predicted molar refractivity (Wildman–Crippen MR) is 128 cm³/mol. The van der Waals surface area contributed by atoms with Gasteiger partial charge in [-0.15, -0.1) is 0 Å². The smallest absolute Gasteiger partial charge is 0.354 e. The number of unbranched alkanes of at least 4 members (excludes halogenated alkanes) is 1. The summed E-state index contributed by atoms with van der Waals surface area (Å²) in [4.78, 5) is 12.6. The fraction of sp³-hybridized carbons (Fsp3) is 0.458. The number of sulfonamides is 1. The second-order valence-electron chi connectivity index (χ2n) is 8.21. The SMILES string of the molecule is CCCCC(CC)CNC(=O)CN(c1ccc(Cl)c(C(F)(F)F)c1)S(=O)(=O)c1ccc(C)cc1. The molecule has 0 aliphatic heterocycles. The molecule has 10 heteroatoms. The minimum atomic E-state index is -4.79. The van der Waals surface area contributed by atoms with Gasteiger partial charge in [-0.1, -0.05) is 62.4 Å². The monoisotopic (exact) mass is 518 g/mol. The van der Waals surface area contributed by atoms with Crippen molar-refractivity contribution in [3.63, 3.8) is 0 Å². The number of nitrogens with zero attached hydrogens (tertiary/aromatic N) is 1. The van der Waals surface area contributed by atoms with E-state index < -0.39 is 39.2 Å². The number of amides is 1. The Morgan fingerprint density at radius 3 is 2.32 bits per heavy atom. The Balaban J connectivity index is 2.41. The Kier molecular flexibility index (Phi) is 9.82. The predicted octanol–water partition coefficient (Wildman–Crippen LogP) is 6.20. The van der Waals surface area contributed by atoms with Crippen molar-refractivity contribution in [3.05, 3.63) is 58.6 Å². The van der Waals surface area contributed by atoms with Crippen molar-refractivity contribution in [2.75, 3.05) is 17.4 Å². The molecule has 0 aliphatic carbocycles. The number of hydrogen-bond donors (Lipinski definition) is 1. The molecule has 0 bridgehead atoms. The second kappa shape index (κ2) is 11.9. The van der Waals surface area contributed by atoms with Gasteiger partial charge in [0.25, 0.3) is 10.0 Å². The average Bonchev–Trinajstić information content (AvgIpc) is 2.77. The van der Waals surface area contributed by atoms with E-state index >= 15 is 0 Å². The number of rotatable bonds is 11. The van der Waals surface area contributed by atoms with E-state index in [0.29, 0.717) is 16.9 Å². The van der Waals surface area contributed by atoms with Crippen LogP contribution >= 0.6 is 11.6 Å². The summed E-state index contributed by atoms with van der Waals surface area (Å²) in [5.41, 5.74) is -0.668. The van der Waals surface area contributed by atoms with Gasteiger partial charge in [0.05, 0.1) is 21.2 Å². The van der Waals surface area contributed by atoms with Gasteiger partial charge in [0.2, 0.25) is 5.91 Å². The van der Waals surface area contributed by atoms with Crippen LogP contribution < -0.4 is 9.62 Å². The van der Waals surface area contributed by atoms with E-state index in [4.69, 9.17) is 11.6 Å². The molecule has 1 unspecified atom stereocenters. The number of aryl methyl sites for hydroxylation is 1. The first-order valence-corrected chi connectivity index (χ1v) is 12.9. The van der Waals surface area contributed by atoms with Crippen LogP contribution in [0.4, 0.5) is 18.9 Å². The van der Waals surface area contributed by atoms with Crippen molar-refractivity contribution >= 4 is 33.2 Å². The van der Waals surface area contributed by atoms with E-state index in [2.05, 4.69) is 12.2 Å². The molecule has 1 N–H and O–H groups in total. The molecule has 0 radical (unpaired) electrons. The highest BCUT2D eigenvalue weighted by molar-refractivity contribution is 7.92. The molecular weight excluding hydrogens is 489 g/mol. The fourth-order valence-electron chi connectivity index (χ4n) is 3.43. The lowest BCUT2D eigenvalue weighted by Crippen LogP contribution is -2.42. The van der Waals surface area contributed by atoms with Crippen LogP contribution in [-0.4, -0.2) is 27.4 Å². The lowest BCUT2D eigenvalue weighted by atomic mass is 9.99. The topological polar surface area (TPSA) is 66.5 Å². The third kappa shape index (κ3) is 7.37. The number of carbonyl (C=O) groups is 1. The van der Waals surface area contributed by atoms with Crippen LogP contribution in [0, 0.1) is 12.8 Å². The van der Waals surface area contributed by atoms with Crippen LogP contribution in [0.2, 0.25) is 5.02 Å². The molecule has 34 heavy (non-hydrogen) atoms. The number of anilines is 1. The Hall–Kier alpha value is -2.26. The second-order valence-corrected chi connectivity index (χ2v) is 10.5. The molecule has 1 atom stereocenters. The van der Waals surface area contributed by atoms with Gasteiger partial charge in [-0.3, -0.25) is 9.10 Å². The summed E-state index contributed by atoms with van der Waals surface area (Å²) < 4.78 is 67.8. The highest BCUT2D eigenvalue weighted by Crippen LogP contribution is 2.38. The van der Waals surface area contributed by atoms with Gasteiger partial charge in [0, 0.05) is 6.54 Å². The Labute approximate surface area is 204 Å². The van der Waals surface area contributed by atoms with Crippen LogP contribution in [0.25, 0.3) is 0 Å². The van der Waals surface area contributed by atoms with Gasteiger partial charge in [0.15, 0.2) is 0 Å². The Morgan fingerprint density at radius 2 is 1.76 bits per heavy atom. The Morgan fingerprint density at radius 1 is 1.12 bits per heavy atom. The first kappa shape index (κ1) is 28.0. The first-order chi connectivity index (χ1) is 15.9. The highest BCUT2D eigenvalue weighted by Gasteiger charge is 2.35. The number of carbonyl (C=O) groups excluding carboxylic acids is 1. The molecule has 0 fully saturated rings. The zero-order chi connectivity index (χ0) is 25.5. The van der Waals surface area contributed by atoms with Crippen molar-refractivity contribution in [1.82, 2.24) is 5.32 Å². The third-order valence-electron chi connectivity index (χ3n) is 5.57. The van der Waals surface area contributed by atoms with E-state index in [9.17, 15) is 26.4 Å². The quantitative estimate of drug-likeness (QED) is 0.385. The molecule has 0 saturated carbocycles. The number of nitrogens with one attached hydrogen (secondary N) is 1. The molecule has 0 aliphatic rings. The maximum atomic E-state index is 13.4. The molecule has 2 aromatic carbocycles. The lowest BCUT2D eigenvalue weighted by molar-refractivity contribution is -0.137. The van der Waals surface area contributed by atoms with Crippen molar-refractivity contribution in [2.45, 2.75) is 57.5 Å². The van der Waals surface area contributed by atoms with Gasteiger partial charge in [0.1, 0.15) is 6.54 Å². The fourth-order valence-corrected chi connectivity index (χ4v) is 5.06. The number of halogens is 4. The molecule has 5 nitrogen and oxygen atoms in total. The molecule has 1 amide bonds. The summed E-state index contributed by atoms with van der Waals surface area (Å²) in [5, 5.41) is 2.18. The molecule has 0 aromatic heterocycles. The summed E-state index contributed by atoms with van der Waals surface area (Å²) in [7, 11) is -4.34. The molecular formula is C24H30ClF3N2O3S. The molecule has 2 aromatic rings. The summed E-state index contributed by atoms with van der Waals surface area (Å²) >= 11 is 5.71. The minimum Gasteiger partial charge on any atom is -0.354 e. The first-order valence-electron chi connectivity index (χ1n) is 11.1. The van der Waals surface area contributed by atoms with Crippen molar-refractivity contribution in [1.29, 1.82) is 0 Å². The van der Waals surface area contributed by atoms with Gasteiger partial charge in [-0.2, -0.15) is 13.2 Å². The van der Waals surface area contributed by atoms with Crippen molar-refractivity contribution in [3.8, 4) is 0 Å². The van der Waals surface area contributed by atoms with Crippen LogP contribution in [0.3, 0.4) is 0 Å². The molecule has 0 spiro atoms. The van der Waals surface area contributed by atoms with Crippen molar-refractivity contribution in [2.24, 2.45) is 5.92 Å². The zero-order valence-corrected chi connectivity index (χ0v) is 21.0. The molecule has 0 heterocycles. The maximum absolute atomic E-state index is 13.4. The van der Waals surface area contributed by atoms with E-state index in [0.717, 1.165) is 43.4 Å². The zero-order valence-electron chi connectivity index (χ0n) is 19.5. The molecule has 0 saturated heterocycles. The summed E-state index contributed by atoms with van der Waals surface area (Å²) in [5.74, 6) is -0.368. The average molecular weight is 519 g/mol. The molecule has 2 rings (SSSR count). The van der Waals surface area contributed by atoms with E-state index in [-0.39, 0.29) is 16.5 Å². The van der Waals surface area contributed by atoms with E-state index in [1.54, 1.807) is 19.1 Å². The van der Waals surface area contributed by atoms with Crippen LogP contribution in [0.5, 0.6) is 0 Å². The van der Waals surface area contributed by atoms with Crippen LogP contribution in [0.1, 0.15) is 50.7 Å². The maximum Gasteiger partial charge on any atom is 0.417 e.